The number of carbonyl (C=O) groups excluding carboxylic acids is 2. The molecule has 0 aromatic heterocycles. The average molecular weight is 429 g/mol. The van der Waals surface area contributed by atoms with E-state index in [0.717, 1.165) is 5.56 Å². The molecule has 0 radical (unpaired) electrons. The lowest BCUT2D eigenvalue weighted by Gasteiger charge is -2.29. The van der Waals surface area contributed by atoms with Crippen LogP contribution in [0.3, 0.4) is 0 Å². The van der Waals surface area contributed by atoms with E-state index in [1.807, 2.05) is 26.0 Å². The Balaban J connectivity index is 1.72. The van der Waals surface area contributed by atoms with Gasteiger partial charge in [0.05, 0.1) is 19.8 Å². The molecule has 2 aromatic rings. The third-order valence-corrected chi connectivity index (χ3v) is 5.23. The highest BCUT2D eigenvalue weighted by atomic mass is 19.1. The molecule has 0 spiro atoms. The number of carbonyl (C=O) groups is 2. The van der Waals surface area contributed by atoms with Crippen LogP contribution in [0.2, 0.25) is 0 Å². The maximum absolute atomic E-state index is 13.8. The molecule has 1 aliphatic rings. The normalized spacial score (nSPS) is 18.2. The number of nitrogens with zero attached hydrogens (tertiary/aromatic N) is 1. The van der Waals surface area contributed by atoms with Crippen molar-refractivity contribution in [2.45, 2.75) is 45.4 Å². The number of likely N-dealkylation sites (tertiary alicyclic amines) is 1. The van der Waals surface area contributed by atoms with Crippen LogP contribution in [-0.4, -0.2) is 36.7 Å². The fourth-order valence-electron chi connectivity index (χ4n) is 3.64. The van der Waals surface area contributed by atoms with E-state index < -0.39 is 18.1 Å². The minimum Gasteiger partial charge on any atom is -0.489 e. The Hall–Kier alpha value is -3.09. The van der Waals surface area contributed by atoms with Gasteiger partial charge in [0.1, 0.15) is 24.2 Å². The molecule has 166 valence electrons. The van der Waals surface area contributed by atoms with E-state index in [1.54, 1.807) is 30.3 Å². The Bertz CT molecular complexity index is 899. The van der Waals surface area contributed by atoms with Crippen LogP contribution in [0.25, 0.3) is 0 Å². The molecule has 0 N–H and O–H groups in total. The number of amides is 1. The molecule has 2 unspecified atom stereocenters. The van der Waals surface area contributed by atoms with Gasteiger partial charge in [0.2, 0.25) is 0 Å². The molecular weight excluding hydrogens is 401 g/mol. The minimum absolute atomic E-state index is 0.119. The topological polar surface area (TPSA) is 65.1 Å². The molecule has 1 heterocycles. The first kappa shape index (κ1) is 22.6. The van der Waals surface area contributed by atoms with E-state index >= 15 is 0 Å². The van der Waals surface area contributed by atoms with E-state index in [-0.39, 0.29) is 31.0 Å². The van der Waals surface area contributed by atoms with E-state index in [0.29, 0.717) is 24.2 Å². The summed E-state index contributed by atoms with van der Waals surface area (Å²) >= 11 is 0. The lowest BCUT2D eigenvalue weighted by Crippen LogP contribution is -2.43. The second kappa shape index (κ2) is 10.3. The van der Waals surface area contributed by atoms with Crippen molar-refractivity contribution in [3.05, 3.63) is 65.5 Å². The Morgan fingerprint density at radius 2 is 1.81 bits per heavy atom. The van der Waals surface area contributed by atoms with Gasteiger partial charge in [0.15, 0.2) is 0 Å². The van der Waals surface area contributed by atoms with Gasteiger partial charge in [-0.05, 0) is 42.5 Å². The number of halogens is 1. The molecule has 3 rings (SSSR count). The van der Waals surface area contributed by atoms with Crippen molar-refractivity contribution in [1.29, 1.82) is 0 Å². The monoisotopic (exact) mass is 429 g/mol. The maximum Gasteiger partial charge on any atom is 0.411 e. The molecule has 0 saturated carbocycles. The summed E-state index contributed by atoms with van der Waals surface area (Å²) in [6.45, 7) is 4.30. The number of esters is 1. The zero-order valence-corrected chi connectivity index (χ0v) is 18.0. The number of hydrogen-bond donors (Lipinski definition) is 0. The van der Waals surface area contributed by atoms with Gasteiger partial charge in [-0.25, -0.2) is 14.0 Å². The number of rotatable bonds is 7. The fraction of sp³-hybridized carbons (Fsp3) is 0.417. The summed E-state index contributed by atoms with van der Waals surface area (Å²) in [6, 6.07) is 12.7. The molecule has 1 amide bonds. The van der Waals surface area contributed by atoms with Crippen LogP contribution < -0.4 is 4.74 Å². The third kappa shape index (κ3) is 5.54. The predicted octanol–water partition coefficient (Wildman–Crippen LogP) is 4.88. The van der Waals surface area contributed by atoms with Gasteiger partial charge < -0.3 is 14.2 Å². The van der Waals surface area contributed by atoms with Crippen molar-refractivity contribution in [2.75, 3.05) is 13.7 Å². The second-order valence-corrected chi connectivity index (χ2v) is 7.96. The van der Waals surface area contributed by atoms with Crippen LogP contribution >= 0.6 is 0 Å². The van der Waals surface area contributed by atoms with Crippen LogP contribution in [0, 0.1) is 11.7 Å². The zero-order valence-electron chi connectivity index (χ0n) is 18.0. The van der Waals surface area contributed by atoms with Crippen molar-refractivity contribution >= 4 is 12.1 Å². The van der Waals surface area contributed by atoms with Gasteiger partial charge in [0.25, 0.3) is 0 Å². The first-order valence-electron chi connectivity index (χ1n) is 10.4. The van der Waals surface area contributed by atoms with Gasteiger partial charge in [-0.15, -0.1) is 0 Å². The van der Waals surface area contributed by atoms with Crippen LogP contribution in [-0.2, 0) is 20.9 Å². The van der Waals surface area contributed by atoms with Crippen molar-refractivity contribution in [2.24, 2.45) is 5.92 Å². The predicted molar refractivity (Wildman–Crippen MR) is 113 cm³/mol. The van der Waals surface area contributed by atoms with Crippen LogP contribution in [0.4, 0.5) is 9.18 Å². The number of benzene rings is 2. The molecule has 0 bridgehead atoms. The van der Waals surface area contributed by atoms with Gasteiger partial charge in [-0.3, -0.25) is 4.90 Å². The van der Waals surface area contributed by atoms with Crippen molar-refractivity contribution in [3.63, 3.8) is 0 Å². The van der Waals surface area contributed by atoms with Crippen molar-refractivity contribution in [3.8, 4) is 5.75 Å². The van der Waals surface area contributed by atoms with E-state index in [2.05, 4.69) is 0 Å². The summed E-state index contributed by atoms with van der Waals surface area (Å²) < 4.78 is 29.7. The third-order valence-electron chi connectivity index (χ3n) is 5.23. The summed E-state index contributed by atoms with van der Waals surface area (Å²) in [5, 5.41) is 0. The summed E-state index contributed by atoms with van der Waals surface area (Å²) in [7, 11) is 1.31. The summed E-state index contributed by atoms with van der Waals surface area (Å²) in [5.41, 5.74) is 1.34. The Morgan fingerprint density at radius 1 is 1.10 bits per heavy atom. The molecule has 2 atom stereocenters. The van der Waals surface area contributed by atoms with Crippen molar-refractivity contribution in [1.82, 2.24) is 4.90 Å². The molecular formula is C24H28FNO5. The highest BCUT2D eigenvalue weighted by Crippen LogP contribution is 2.38. The number of ether oxygens (including phenoxy) is 3. The Labute approximate surface area is 181 Å². The zero-order chi connectivity index (χ0) is 22.4. The minimum atomic E-state index is -0.674. The maximum atomic E-state index is 13.8. The first-order chi connectivity index (χ1) is 14.9. The summed E-state index contributed by atoms with van der Waals surface area (Å²) in [6.07, 6.45) is 0.595. The summed E-state index contributed by atoms with van der Waals surface area (Å²) in [4.78, 5) is 26.5. The quantitative estimate of drug-likeness (QED) is 0.587. The standard InChI is InChI=1S/C24H28FNO5/c1-16(2)14-31-24(28)26-21(12-13-22(26)23(27)29-3)17-8-10-19(11-9-17)30-15-18-6-4-5-7-20(18)25/h4-11,16,21-22H,12-15H2,1-3H3. The van der Waals surface area contributed by atoms with Gasteiger partial charge in [0, 0.05) is 5.56 Å². The highest BCUT2D eigenvalue weighted by molar-refractivity contribution is 5.82. The Kier molecular flexibility index (Phi) is 7.50. The van der Waals surface area contributed by atoms with E-state index in [4.69, 9.17) is 14.2 Å². The highest BCUT2D eigenvalue weighted by Gasteiger charge is 2.43. The molecule has 0 aliphatic carbocycles. The number of methoxy groups -OCH3 is 1. The smallest absolute Gasteiger partial charge is 0.411 e. The largest absolute Gasteiger partial charge is 0.489 e. The second-order valence-electron chi connectivity index (χ2n) is 7.96. The summed E-state index contributed by atoms with van der Waals surface area (Å²) in [5.74, 6) is 0.0132. The van der Waals surface area contributed by atoms with Gasteiger partial charge >= 0.3 is 12.1 Å². The van der Waals surface area contributed by atoms with E-state index in [1.165, 1.54) is 18.1 Å². The van der Waals surface area contributed by atoms with Crippen LogP contribution in [0.5, 0.6) is 5.75 Å². The molecule has 1 aliphatic heterocycles. The fourth-order valence-corrected chi connectivity index (χ4v) is 3.64. The molecule has 1 fully saturated rings. The molecule has 2 aromatic carbocycles. The SMILES string of the molecule is COC(=O)C1CCC(c2ccc(OCc3ccccc3F)cc2)N1C(=O)OCC(C)C. The van der Waals surface area contributed by atoms with Crippen LogP contribution in [0.1, 0.15) is 43.9 Å². The van der Waals surface area contributed by atoms with Crippen LogP contribution in [0.15, 0.2) is 48.5 Å². The van der Waals surface area contributed by atoms with Gasteiger partial charge in [-0.1, -0.05) is 44.2 Å². The molecule has 1 saturated heterocycles. The number of hydrogen-bond acceptors (Lipinski definition) is 5. The first-order valence-corrected chi connectivity index (χ1v) is 10.4. The molecule has 7 heteroatoms. The molecule has 31 heavy (non-hydrogen) atoms. The van der Waals surface area contributed by atoms with E-state index in [9.17, 15) is 14.0 Å². The molecule has 6 nitrogen and oxygen atoms in total. The lowest BCUT2D eigenvalue weighted by molar-refractivity contribution is -0.145. The lowest BCUT2D eigenvalue weighted by atomic mass is 10.0. The Morgan fingerprint density at radius 3 is 2.45 bits per heavy atom. The average Bonchev–Trinajstić information content (AvgIpc) is 3.22. The van der Waals surface area contributed by atoms with Crippen molar-refractivity contribution < 1.29 is 28.2 Å². The van der Waals surface area contributed by atoms with Gasteiger partial charge in [-0.2, -0.15) is 0 Å².